The highest BCUT2D eigenvalue weighted by molar-refractivity contribution is 5.89. The van der Waals surface area contributed by atoms with E-state index in [2.05, 4.69) is 15.6 Å². The molecule has 0 aliphatic heterocycles. The highest BCUT2D eigenvalue weighted by Crippen LogP contribution is 2.17. The quantitative estimate of drug-likeness (QED) is 0.677. The van der Waals surface area contributed by atoms with Gasteiger partial charge in [0.25, 0.3) is 0 Å². The van der Waals surface area contributed by atoms with E-state index in [0.717, 1.165) is 22.7 Å². The Bertz CT molecular complexity index is 796. The zero-order valence-corrected chi connectivity index (χ0v) is 11.5. The second kappa shape index (κ2) is 5.85. The van der Waals surface area contributed by atoms with E-state index < -0.39 is 17.7 Å². The largest absolute Gasteiger partial charge is 0.357 e. The van der Waals surface area contributed by atoms with E-state index in [4.69, 9.17) is 0 Å². The number of hydrogen-bond donors (Lipinski definition) is 3. The first-order valence-corrected chi connectivity index (χ1v) is 6.69. The lowest BCUT2D eigenvalue weighted by atomic mass is 10.2. The first kappa shape index (κ1) is 14.1. The van der Waals surface area contributed by atoms with Crippen LogP contribution in [-0.4, -0.2) is 11.0 Å². The van der Waals surface area contributed by atoms with E-state index in [1.807, 2.05) is 30.3 Å². The van der Waals surface area contributed by atoms with Gasteiger partial charge in [-0.15, -0.1) is 0 Å². The van der Waals surface area contributed by atoms with E-state index in [1.165, 1.54) is 12.1 Å². The minimum absolute atomic E-state index is 0.200. The Hall–Kier alpha value is -2.89. The molecule has 2 amide bonds. The summed E-state index contributed by atoms with van der Waals surface area (Å²) in [7, 11) is 0. The maximum absolute atomic E-state index is 13.4. The Morgan fingerprint density at radius 3 is 2.73 bits per heavy atom. The van der Waals surface area contributed by atoms with Crippen molar-refractivity contribution in [1.82, 2.24) is 10.3 Å². The lowest BCUT2D eigenvalue weighted by Crippen LogP contribution is -2.28. The van der Waals surface area contributed by atoms with Gasteiger partial charge in [0.15, 0.2) is 11.6 Å². The summed E-state index contributed by atoms with van der Waals surface area (Å²) in [6.07, 6.45) is 0. The molecule has 0 radical (unpaired) electrons. The van der Waals surface area contributed by atoms with Crippen LogP contribution in [0.5, 0.6) is 0 Å². The van der Waals surface area contributed by atoms with E-state index >= 15 is 0 Å². The van der Waals surface area contributed by atoms with Crippen molar-refractivity contribution in [3.05, 3.63) is 65.9 Å². The number of nitrogens with one attached hydrogen (secondary N) is 3. The number of rotatable bonds is 3. The summed E-state index contributed by atoms with van der Waals surface area (Å²) < 4.78 is 26.5. The van der Waals surface area contributed by atoms with Gasteiger partial charge in [0, 0.05) is 11.2 Å². The maximum atomic E-state index is 13.4. The number of benzene rings is 2. The lowest BCUT2D eigenvalue weighted by molar-refractivity contribution is 0.251. The van der Waals surface area contributed by atoms with Gasteiger partial charge in [-0.05, 0) is 29.7 Å². The molecule has 112 valence electrons. The van der Waals surface area contributed by atoms with Crippen LogP contribution in [0.15, 0.2) is 48.5 Å². The summed E-state index contributed by atoms with van der Waals surface area (Å²) in [6.45, 7) is 0.247. The number of carbonyl (C=O) groups excluding carboxylic acids is 1. The SMILES string of the molecule is O=C(NCc1cc2ccccc2[nH]1)Nc1cccc(F)c1F. The Balaban J connectivity index is 1.63. The Morgan fingerprint density at radius 1 is 1.09 bits per heavy atom. The fourth-order valence-corrected chi connectivity index (χ4v) is 2.17. The van der Waals surface area contributed by atoms with Gasteiger partial charge in [0.05, 0.1) is 12.2 Å². The lowest BCUT2D eigenvalue weighted by Gasteiger charge is -2.08. The van der Waals surface area contributed by atoms with Gasteiger partial charge in [-0.3, -0.25) is 0 Å². The van der Waals surface area contributed by atoms with Gasteiger partial charge in [-0.25, -0.2) is 13.6 Å². The average molecular weight is 301 g/mol. The second-order valence-electron chi connectivity index (χ2n) is 4.79. The Morgan fingerprint density at radius 2 is 1.91 bits per heavy atom. The third kappa shape index (κ3) is 2.90. The molecule has 3 rings (SSSR count). The minimum atomic E-state index is -1.08. The van der Waals surface area contributed by atoms with Crippen molar-refractivity contribution in [3.8, 4) is 0 Å². The molecule has 0 saturated carbocycles. The van der Waals surface area contributed by atoms with Crippen molar-refractivity contribution in [2.45, 2.75) is 6.54 Å². The molecule has 0 fully saturated rings. The van der Waals surface area contributed by atoms with Gasteiger partial charge in [-0.1, -0.05) is 24.3 Å². The van der Waals surface area contributed by atoms with Crippen molar-refractivity contribution in [2.75, 3.05) is 5.32 Å². The second-order valence-corrected chi connectivity index (χ2v) is 4.79. The number of H-pyrrole nitrogens is 1. The first-order valence-electron chi connectivity index (χ1n) is 6.69. The fraction of sp³-hybridized carbons (Fsp3) is 0.0625. The summed E-state index contributed by atoms with van der Waals surface area (Å²) in [5, 5.41) is 5.90. The van der Waals surface area contributed by atoms with Crippen LogP contribution < -0.4 is 10.6 Å². The van der Waals surface area contributed by atoms with Gasteiger partial charge < -0.3 is 15.6 Å². The topological polar surface area (TPSA) is 56.9 Å². The van der Waals surface area contributed by atoms with Crippen molar-refractivity contribution >= 4 is 22.6 Å². The van der Waals surface area contributed by atoms with Crippen LogP contribution >= 0.6 is 0 Å². The zero-order valence-electron chi connectivity index (χ0n) is 11.5. The van der Waals surface area contributed by atoms with E-state index in [0.29, 0.717) is 0 Å². The average Bonchev–Trinajstić information content (AvgIpc) is 2.93. The number of aromatic nitrogens is 1. The van der Waals surface area contributed by atoms with Crippen LogP contribution in [-0.2, 0) is 6.54 Å². The summed E-state index contributed by atoms with van der Waals surface area (Å²) in [5.41, 5.74) is 1.58. The van der Waals surface area contributed by atoms with Crippen LogP contribution in [0, 0.1) is 11.6 Å². The zero-order chi connectivity index (χ0) is 15.5. The number of anilines is 1. The molecule has 3 aromatic rings. The maximum Gasteiger partial charge on any atom is 0.319 e. The van der Waals surface area contributed by atoms with Crippen LogP contribution in [0.3, 0.4) is 0 Å². The highest BCUT2D eigenvalue weighted by atomic mass is 19.2. The van der Waals surface area contributed by atoms with Crippen molar-refractivity contribution in [3.63, 3.8) is 0 Å². The number of amides is 2. The molecule has 22 heavy (non-hydrogen) atoms. The molecule has 0 aliphatic carbocycles. The van der Waals surface area contributed by atoms with Crippen LogP contribution in [0.1, 0.15) is 5.69 Å². The van der Waals surface area contributed by atoms with Crippen molar-refractivity contribution in [2.24, 2.45) is 0 Å². The number of fused-ring (bicyclic) bond motifs is 1. The normalized spacial score (nSPS) is 10.6. The van der Waals surface area contributed by atoms with E-state index in [1.54, 1.807) is 0 Å². The minimum Gasteiger partial charge on any atom is -0.357 e. The predicted octanol–water partition coefficient (Wildman–Crippen LogP) is 3.77. The number of para-hydroxylation sites is 1. The molecule has 6 heteroatoms. The molecule has 4 nitrogen and oxygen atoms in total. The number of aromatic amines is 1. The first-order chi connectivity index (χ1) is 10.6. The van der Waals surface area contributed by atoms with E-state index in [-0.39, 0.29) is 12.2 Å². The smallest absolute Gasteiger partial charge is 0.319 e. The molecular formula is C16H13F2N3O. The number of urea groups is 1. The monoisotopic (exact) mass is 301 g/mol. The van der Waals surface area contributed by atoms with Crippen molar-refractivity contribution < 1.29 is 13.6 Å². The van der Waals surface area contributed by atoms with Gasteiger partial charge in [0.2, 0.25) is 0 Å². The predicted molar refractivity (Wildman–Crippen MR) is 80.5 cm³/mol. The summed E-state index contributed by atoms with van der Waals surface area (Å²) in [4.78, 5) is 14.9. The third-order valence-electron chi connectivity index (χ3n) is 3.22. The molecule has 2 aromatic carbocycles. The van der Waals surface area contributed by atoms with Crippen molar-refractivity contribution in [1.29, 1.82) is 0 Å². The van der Waals surface area contributed by atoms with Crippen LogP contribution in [0.2, 0.25) is 0 Å². The summed E-state index contributed by atoms with van der Waals surface area (Å²) in [6, 6.07) is 12.6. The Labute approximate surface area is 125 Å². The van der Waals surface area contributed by atoms with Crippen LogP contribution in [0.4, 0.5) is 19.3 Å². The highest BCUT2D eigenvalue weighted by Gasteiger charge is 2.10. The molecule has 1 heterocycles. The number of halogens is 2. The molecule has 0 saturated heterocycles. The number of hydrogen-bond acceptors (Lipinski definition) is 1. The molecule has 1 aromatic heterocycles. The standard InChI is InChI=1S/C16H13F2N3O/c17-12-5-3-7-14(15(12)18)21-16(22)19-9-11-8-10-4-1-2-6-13(10)20-11/h1-8,20H,9H2,(H2,19,21,22). The molecule has 0 spiro atoms. The molecule has 3 N–H and O–H groups in total. The summed E-state index contributed by atoms with van der Waals surface area (Å²) >= 11 is 0. The molecular weight excluding hydrogens is 288 g/mol. The molecule has 0 bridgehead atoms. The fourth-order valence-electron chi connectivity index (χ4n) is 2.17. The molecule has 0 atom stereocenters. The number of carbonyl (C=O) groups is 1. The van der Waals surface area contributed by atoms with Gasteiger partial charge in [-0.2, -0.15) is 0 Å². The summed E-state index contributed by atoms with van der Waals surface area (Å²) in [5.74, 6) is -2.09. The van der Waals surface area contributed by atoms with E-state index in [9.17, 15) is 13.6 Å². The molecule has 0 unspecified atom stereocenters. The Kier molecular flexibility index (Phi) is 3.74. The van der Waals surface area contributed by atoms with Gasteiger partial charge >= 0.3 is 6.03 Å². The molecule has 0 aliphatic rings. The third-order valence-corrected chi connectivity index (χ3v) is 3.22. The van der Waals surface area contributed by atoms with Crippen LogP contribution in [0.25, 0.3) is 10.9 Å². The van der Waals surface area contributed by atoms with Gasteiger partial charge in [0.1, 0.15) is 0 Å².